The van der Waals surface area contributed by atoms with Crippen molar-refractivity contribution in [1.29, 1.82) is 0 Å². The van der Waals surface area contributed by atoms with Gasteiger partial charge in [-0.15, -0.1) is 24.0 Å². The first-order valence-electron chi connectivity index (χ1n) is 4.54. The Kier molecular flexibility index (Phi) is 3.20. The molecule has 1 aromatic carbocycles. The minimum Gasteiger partial charge on any atom is -0.143 e. The molecule has 2 aromatic rings. The van der Waals surface area contributed by atoms with Gasteiger partial charge >= 0.3 is 0 Å². The Labute approximate surface area is 102 Å². The summed E-state index contributed by atoms with van der Waals surface area (Å²) in [6.45, 7) is 2.21. The van der Waals surface area contributed by atoms with Crippen molar-refractivity contribution in [3.05, 3.63) is 28.6 Å². The summed E-state index contributed by atoms with van der Waals surface area (Å²) in [5.74, 6) is 0. The zero-order valence-electron chi connectivity index (χ0n) is 7.88. The van der Waals surface area contributed by atoms with Crippen LogP contribution in [0.3, 0.4) is 0 Å². The Morgan fingerprint density at radius 3 is 2.93 bits per heavy atom. The van der Waals surface area contributed by atoms with E-state index in [0.717, 1.165) is 16.6 Å². The van der Waals surface area contributed by atoms with Gasteiger partial charge in [-0.25, -0.2) is 0 Å². The van der Waals surface area contributed by atoms with Gasteiger partial charge in [-0.2, -0.15) is 0 Å². The van der Waals surface area contributed by atoms with E-state index in [1.54, 1.807) is 0 Å². The van der Waals surface area contributed by atoms with Gasteiger partial charge in [-0.05, 0) is 35.1 Å². The van der Waals surface area contributed by atoms with E-state index >= 15 is 0 Å². The van der Waals surface area contributed by atoms with Crippen molar-refractivity contribution in [2.75, 3.05) is 0 Å². The first-order chi connectivity index (χ1) is 6.77. The third-order valence-corrected chi connectivity index (χ3v) is 4.36. The Hall–Kier alpha value is 0.01000. The maximum atomic E-state index is 4.51. The van der Waals surface area contributed by atoms with Crippen molar-refractivity contribution in [1.82, 2.24) is 0 Å². The lowest BCUT2D eigenvalue weighted by molar-refractivity contribution is 1.12. The number of fused-ring (bicyclic) bond motifs is 1. The van der Waals surface area contributed by atoms with Crippen molar-refractivity contribution < 1.29 is 0 Å². The third kappa shape index (κ3) is 1.62. The minimum atomic E-state index is 0.914. The lowest BCUT2D eigenvalue weighted by Gasteiger charge is -2.08. The molecule has 0 N–H and O–H groups in total. The Balaban J connectivity index is 2.82. The zero-order valence-corrected chi connectivity index (χ0v) is 11.2. The minimum absolute atomic E-state index is 0.914. The highest BCUT2D eigenvalue weighted by atomic mass is 79.9. The van der Waals surface area contributed by atoms with E-state index in [9.17, 15) is 0 Å². The van der Waals surface area contributed by atoms with Crippen molar-refractivity contribution >= 4 is 50.0 Å². The van der Waals surface area contributed by atoms with Crippen LogP contribution >= 0.6 is 39.9 Å². The standard InChI is InChI=1S/C11H11BrS2/c1-2-8-7(6-12)5-10(13)9-3-4-14-11(8)9/h3-5,13H,2,6H2,1H3. The molecule has 0 aliphatic rings. The highest BCUT2D eigenvalue weighted by molar-refractivity contribution is 9.08. The number of alkyl halides is 1. The van der Waals surface area contributed by atoms with Crippen molar-refractivity contribution in [3.63, 3.8) is 0 Å². The number of aryl methyl sites for hydroxylation is 1. The maximum Gasteiger partial charge on any atom is 0.0388 e. The molecule has 0 aliphatic heterocycles. The molecule has 0 aliphatic carbocycles. The van der Waals surface area contributed by atoms with E-state index in [1.807, 2.05) is 11.3 Å². The van der Waals surface area contributed by atoms with Gasteiger partial charge in [-0.1, -0.05) is 22.9 Å². The number of thiophene rings is 1. The molecule has 0 saturated carbocycles. The molecule has 0 amide bonds. The quantitative estimate of drug-likeness (QED) is 0.603. The van der Waals surface area contributed by atoms with Gasteiger partial charge in [0.05, 0.1) is 0 Å². The Morgan fingerprint density at radius 2 is 2.29 bits per heavy atom. The molecule has 0 unspecified atom stereocenters. The first-order valence-corrected chi connectivity index (χ1v) is 6.99. The molecule has 3 heteroatoms. The van der Waals surface area contributed by atoms with E-state index < -0.39 is 0 Å². The van der Waals surface area contributed by atoms with Gasteiger partial charge in [-0.3, -0.25) is 0 Å². The smallest absolute Gasteiger partial charge is 0.0388 e. The fourth-order valence-electron chi connectivity index (χ4n) is 1.73. The number of rotatable bonds is 2. The molecule has 0 nitrogen and oxygen atoms in total. The molecule has 1 heterocycles. The summed E-state index contributed by atoms with van der Waals surface area (Å²) in [5.41, 5.74) is 2.83. The summed E-state index contributed by atoms with van der Waals surface area (Å²) in [6.07, 6.45) is 1.09. The van der Waals surface area contributed by atoms with Gasteiger partial charge < -0.3 is 0 Å². The molecule has 14 heavy (non-hydrogen) atoms. The normalized spacial score (nSPS) is 11.1. The fourth-order valence-corrected chi connectivity index (χ4v) is 3.71. The highest BCUT2D eigenvalue weighted by Gasteiger charge is 2.09. The van der Waals surface area contributed by atoms with E-state index in [2.05, 4.69) is 53.0 Å². The van der Waals surface area contributed by atoms with Crippen LogP contribution in [-0.2, 0) is 11.8 Å². The Morgan fingerprint density at radius 1 is 1.50 bits per heavy atom. The van der Waals surface area contributed by atoms with Crippen LogP contribution in [0, 0.1) is 0 Å². The van der Waals surface area contributed by atoms with Crippen LogP contribution in [0.5, 0.6) is 0 Å². The first kappa shape index (κ1) is 10.5. The largest absolute Gasteiger partial charge is 0.143 e. The molecule has 0 atom stereocenters. The zero-order chi connectivity index (χ0) is 10.1. The van der Waals surface area contributed by atoms with Crippen molar-refractivity contribution in [3.8, 4) is 0 Å². The van der Waals surface area contributed by atoms with Gasteiger partial charge in [0, 0.05) is 20.3 Å². The average Bonchev–Trinajstić information content (AvgIpc) is 2.66. The summed E-state index contributed by atoms with van der Waals surface area (Å²) in [7, 11) is 0. The number of hydrogen-bond acceptors (Lipinski definition) is 2. The van der Waals surface area contributed by atoms with E-state index in [0.29, 0.717) is 0 Å². The molecule has 0 saturated heterocycles. The number of hydrogen-bond donors (Lipinski definition) is 1. The summed E-state index contributed by atoms with van der Waals surface area (Å²) in [5, 5.41) is 4.35. The molecule has 2 rings (SSSR count). The predicted octanol–water partition coefficient (Wildman–Crippen LogP) is 4.65. The number of thiol groups is 1. The Bertz CT molecular complexity index is 460. The third-order valence-electron chi connectivity index (χ3n) is 2.41. The lowest BCUT2D eigenvalue weighted by Crippen LogP contribution is -1.90. The molecule has 0 fully saturated rings. The van der Waals surface area contributed by atoms with Crippen LogP contribution in [0.1, 0.15) is 18.1 Å². The molecule has 0 bridgehead atoms. The summed E-state index contributed by atoms with van der Waals surface area (Å²) >= 11 is 9.85. The summed E-state index contributed by atoms with van der Waals surface area (Å²) < 4.78 is 1.40. The summed E-state index contributed by atoms with van der Waals surface area (Å²) in [4.78, 5) is 1.09. The lowest BCUT2D eigenvalue weighted by atomic mass is 10.0. The van der Waals surface area contributed by atoms with Gasteiger partial charge in [0.15, 0.2) is 0 Å². The van der Waals surface area contributed by atoms with Crippen molar-refractivity contribution in [2.24, 2.45) is 0 Å². The van der Waals surface area contributed by atoms with Crippen LogP contribution in [0.25, 0.3) is 10.1 Å². The highest BCUT2D eigenvalue weighted by Crippen LogP contribution is 2.33. The van der Waals surface area contributed by atoms with Crippen LogP contribution < -0.4 is 0 Å². The molecule has 0 radical (unpaired) electrons. The van der Waals surface area contributed by atoms with E-state index in [-0.39, 0.29) is 0 Å². The second kappa shape index (κ2) is 4.25. The van der Waals surface area contributed by atoms with Crippen molar-refractivity contribution in [2.45, 2.75) is 23.6 Å². The van der Waals surface area contributed by atoms with E-state index in [1.165, 1.54) is 21.2 Å². The van der Waals surface area contributed by atoms with Gasteiger partial charge in [0.2, 0.25) is 0 Å². The summed E-state index contributed by atoms with van der Waals surface area (Å²) in [6, 6.07) is 4.32. The van der Waals surface area contributed by atoms with Crippen LogP contribution in [0.2, 0.25) is 0 Å². The average molecular weight is 287 g/mol. The predicted molar refractivity (Wildman–Crippen MR) is 71.1 cm³/mol. The molecule has 1 aromatic heterocycles. The molecular formula is C11H11BrS2. The molecule has 74 valence electrons. The molecule has 0 spiro atoms. The van der Waals surface area contributed by atoms with Crippen LogP contribution in [-0.4, -0.2) is 0 Å². The SMILES string of the molecule is CCc1c(CBr)cc(S)c2ccsc12. The number of benzene rings is 1. The van der Waals surface area contributed by atoms with Crippen LogP contribution in [0.4, 0.5) is 0 Å². The monoisotopic (exact) mass is 286 g/mol. The fraction of sp³-hybridized carbons (Fsp3) is 0.273. The van der Waals surface area contributed by atoms with Crippen LogP contribution in [0.15, 0.2) is 22.4 Å². The topological polar surface area (TPSA) is 0 Å². The maximum absolute atomic E-state index is 4.51. The van der Waals surface area contributed by atoms with Gasteiger partial charge in [0.25, 0.3) is 0 Å². The molecular weight excluding hydrogens is 276 g/mol. The number of halogens is 1. The van der Waals surface area contributed by atoms with E-state index in [4.69, 9.17) is 0 Å². The second-order valence-electron chi connectivity index (χ2n) is 3.18. The van der Waals surface area contributed by atoms with Gasteiger partial charge in [0.1, 0.15) is 0 Å². The second-order valence-corrected chi connectivity index (χ2v) is 5.14.